The van der Waals surface area contributed by atoms with E-state index in [2.05, 4.69) is 32.7 Å². The van der Waals surface area contributed by atoms with E-state index in [4.69, 9.17) is 0 Å². The van der Waals surface area contributed by atoms with E-state index >= 15 is 0 Å². The lowest BCUT2D eigenvalue weighted by Crippen LogP contribution is -2.44. The van der Waals surface area contributed by atoms with Crippen molar-refractivity contribution in [3.8, 4) is 0 Å². The van der Waals surface area contributed by atoms with Gasteiger partial charge in [-0.3, -0.25) is 0 Å². The normalized spacial score (nSPS) is 17.6. The number of aryl methyl sites for hydroxylation is 1. The van der Waals surface area contributed by atoms with Gasteiger partial charge in [-0.25, -0.2) is 4.98 Å². The molecule has 4 nitrogen and oxygen atoms in total. The highest BCUT2D eigenvalue weighted by Crippen LogP contribution is 2.25. The number of hydrogen-bond acceptors (Lipinski definition) is 5. The van der Waals surface area contributed by atoms with Crippen LogP contribution in [0.5, 0.6) is 0 Å². The van der Waals surface area contributed by atoms with Gasteiger partial charge in [0.25, 0.3) is 0 Å². The summed E-state index contributed by atoms with van der Waals surface area (Å²) in [6.45, 7) is 4.23. The molecule has 1 unspecified atom stereocenters. The van der Waals surface area contributed by atoms with Crippen molar-refractivity contribution in [1.82, 2.24) is 10.3 Å². The minimum Gasteiger partial charge on any atom is -0.394 e. The zero-order chi connectivity index (χ0) is 15.4. The summed E-state index contributed by atoms with van der Waals surface area (Å²) >= 11 is 1.73. The SMILES string of the molecule is Cc1csc(N2CCC(NC(CO)c3ccccc3)CC2)n1. The van der Waals surface area contributed by atoms with Gasteiger partial charge in [0, 0.05) is 24.5 Å². The van der Waals surface area contributed by atoms with E-state index < -0.39 is 0 Å². The van der Waals surface area contributed by atoms with Crippen molar-refractivity contribution in [2.75, 3.05) is 24.6 Å². The average molecular weight is 317 g/mol. The largest absolute Gasteiger partial charge is 0.394 e. The van der Waals surface area contributed by atoms with Crippen molar-refractivity contribution in [3.05, 3.63) is 47.0 Å². The van der Waals surface area contributed by atoms with Gasteiger partial charge >= 0.3 is 0 Å². The summed E-state index contributed by atoms with van der Waals surface area (Å²) in [5.74, 6) is 0. The van der Waals surface area contributed by atoms with Crippen molar-refractivity contribution in [1.29, 1.82) is 0 Å². The van der Waals surface area contributed by atoms with Crippen molar-refractivity contribution in [2.45, 2.75) is 31.8 Å². The average Bonchev–Trinajstić information content (AvgIpc) is 3.00. The van der Waals surface area contributed by atoms with Crippen molar-refractivity contribution >= 4 is 16.5 Å². The lowest BCUT2D eigenvalue weighted by atomic mass is 10.0. The van der Waals surface area contributed by atoms with Crippen LogP contribution in [-0.4, -0.2) is 35.8 Å². The van der Waals surface area contributed by atoms with Gasteiger partial charge in [0.1, 0.15) is 0 Å². The van der Waals surface area contributed by atoms with Gasteiger partial charge in [-0.15, -0.1) is 11.3 Å². The third-order valence-electron chi connectivity index (χ3n) is 4.19. The Balaban J connectivity index is 1.55. The molecule has 1 fully saturated rings. The van der Waals surface area contributed by atoms with E-state index in [0.717, 1.165) is 42.3 Å². The fourth-order valence-corrected chi connectivity index (χ4v) is 3.81. The number of thiazole rings is 1. The maximum absolute atomic E-state index is 9.66. The van der Waals surface area contributed by atoms with Crippen LogP contribution in [0.1, 0.15) is 30.1 Å². The van der Waals surface area contributed by atoms with Crippen LogP contribution < -0.4 is 10.2 Å². The Morgan fingerprint density at radius 1 is 1.32 bits per heavy atom. The molecule has 1 aromatic carbocycles. The molecule has 0 saturated carbocycles. The molecule has 0 spiro atoms. The topological polar surface area (TPSA) is 48.4 Å². The summed E-state index contributed by atoms with van der Waals surface area (Å²) in [6.07, 6.45) is 2.17. The molecule has 1 atom stereocenters. The van der Waals surface area contributed by atoms with Crippen molar-refractivity contribution in [2.24, 2.45) is 0 Å². The number of rotatable bonds is 5. The first kappa shape index (κ1) is 15.5. The van der Waals surface area contributed by atoms with Crippen LogP contribution in [0.2, 0.25) is 0 Å². The maximum Gasteiger partial charge on any atom is 0.185 e. The second-order valence-electron chi connectivity index (χ2n) is 5.85. The molecule has 2 heterocycles. The fraction of sp³-hybridized carbons (Fsp3) is 0.471. The standard InChI is InChI=1S/C17H23N3OS/c1-13-12-22-17(18-13)20-9-7-15(8-10-20)19-16(11-21)14-5-3-2-4-6-14/h2-6,12,15-16,19,21H,7-11H2,1H3. The minimum absolute atomic E-state index is 0.0276. The molecule has 1 aromatic heterocycles. The molecular formula is C17H23N3OS. The molecular weight excluding hydrogens is 294 g/mol. The molecule has 1 aliphatic rings. The maximum atomic E-state index is 9.66. The molecule has 1 saturated heterocycles. The first-order valence-electron chi connectivity index (χ1n) is 7.85. The van der Waals surface area contributed by atoms with Gasteiger partial charge in [0.05, 0.1) is 18.3 Å². The number of hydrogen-bond donors (Lipinski definition) is 2. The van der Waals surface area contributed by atoms with Gasteiger partial charge < -0.3 is 15.3 Å². The predicted octanol–water partition coefficient (Wildman–Crippen LogP) is 2.74. The van der Waals surface area contributed by atoms with E-state index in [1.165, 1.54) is 0 Å². The summed E-state index contributed by atoms with van der Waals surface area (Å²) < 4.78 is 0. The van der Waals surface area contributed by atoms with E-state index in [0.29, 0.717) is 6.04 Å². The number of aromatic nitrogens is 1. The molecule has 118 valence electrons. The number of nitrogens with zero attached hydrogens (tertiary/aromatic N) is 2. The summed E-state index contributed by atoms with van der Waals surface area (Å²) in [6, 6.07) is 10.7. The molecule has 2 N–H and O–H groups in total. The van der Waals surface area contributed by atoms with Gasteiger partial charge in [0.15, 0.2) is 5.13 Å². The molecule has 0 aliphatic carbocycles. The zero-order valence-electron chi connectivity index (χ0n) is 12.9. The van der Waals surface area contributed by atoms with Crippen LogP contribution in [0.3, 0.4) is 0 Å². The third kappa shape index (κ3) is 3.66. The Morgan fingerprint density at radius 2 is 2.05 bits per heavy atom. The first-order valence-corrected chi connectivity index (χ1v) is 8.73. The van der Waals surface area contributed by atoms with Crippen LogP contribution in [-0.2, 0) is 0 Å². The monoisotopic (exact) mass is 317 g/mol. The van der Waals surface area contributed by atoms with Crippen molar-refractivity contribution < 1.29 is 5.11 Å². The second kappa shape index (κ2) is 7.22. The summed E-state index contributed by atoms with van der Waals surface area (Å²) in [7, 11) is 0. The minimum atomic E-state index is 0.0276. The predicted molar refractivity (Wildman–Crippen MR) is 91.5 cm³/mol. The summed E-state index contributed by atoms with van der Waals surface area (Å²) in [5, 5.41) is 16.5. The van der Waals surface area contributed by atoms with Gasteiger partial charge in [-0.1, -0.05) is 30.3 Å². The van der Waals surface area contributed by atoms with Crippen LogP contribution in [0.4, 0.5) is 5.13 Å². The highest BCUT2D eigenvalue weighted by Gasteiger charge is 2.23. The van der Waals surface area contributed by atoms with E-state index in [1.807, 2.05) is 25.1 Å². The highest BCUT2D eigenvalue weighted by atomic mass is 32.1. The number of benzene rings is 1. The molecule has 2 aromatic rings. The Hall–Kier alpha value is -1.43. The first-order chi connectivity index (χ1) is 10.8. The second-order valence-corrected chi connectivity index (χ2v) is 6.68. The molecule has 5 heteroatoms. The number of aliphatic hydroxyl groups is 1. The van der Waals surface area contributed by atoms with Gasteiger partial charge in [-0.05, 0) is 25.3 Å². The molecule has 0 amide bonds. The highest BCUT2D eigenvalue weighted by molar-refractivity contribution is 7.13. The Bertz CT molecular complexity index is 579. The van der Waals surface area contributed by atoms with Crippen LogP contribution in [0.15, 0.2) is 35.7 Å². The van der Waals surface area contributed by atoms with Crippen molar-refractivity contribution in [3.63, 3.8) is 0 Å². The van der Waals surface area contributed by atoms with Crippen LogP contribution in [0, 0.1) is 6.92 Å². The zero-order valence-corrected chi connectivity index (χ0v) is 13.7. The third-order valence-corrected chi connectivity index (χ3v) is 5.21. The van der Waals surface area contributed by atoms with E-state index in [9.17, 15) is 5.11 Å². The molecule has 0 bridgehead atoms. The van der Waals surface area contributed by atoms with E-state index in [1.54, 1.807) is 11.3 Å². The molecule has 0 radical (unpaired) electrons. The fourth-order valence-electron chi connectivity index (χ4n) is 2.95. The molecule has 1 aliphatic heterocycles. The quantitative estimate of drug-likeness (QED) is 0.890. The van der Waals surface area contributed by atoms with Crippen LogP contribution >= 0.6 is 11.3 Å². The van der Waals surface area contributed by atoms with E-state index in [-0.39, 0.29) is 12.6 Å². The van der Waals surface area contributed by atoms with Gasteiger partial charge in [0.2, 0.25) is 0 Å². The molecule has 3 rings (SSSR count). The Morgan fingerprint density at radius 3 is 2.64 bits per heavy atom. The van der Waals surface area contributed by atoms with Crippen LogP contribution in [0.25, 0.3) is 0 Å². The number of nitrogens with one attached hydrogen (secondary N) is 1. The number of aliphatic hydroxyl groups excluding tert-OH is 1. The Labute approximate surface area is 135 Å². The van der Waals surface area contributed by atoms with Gasteiger partial charge in [-0.2, -0.15) is 0 Å². The molecule has 22 heavy (non-hydrogen) atoms. The number of piperidine rings is 1. The lowest BCUT2D eigenvalue weighted by Gasteiger charge is -2.34. The number of anilines is 1. The Kier molecular flexibility index (Phi) is 5.08. The smallest absolute Gasteiger partial charge is 0.185 e. The summed E-state index contributed by atoms with van der Waals surface area (Å²) in [5.41, 5.74) is 2.26. The lowest BCUT2D eigenvalue weighted by molar-refractivity contribution is 0.225. The summed E-state index contributed by atoms with van der Waals surface area (Å²) in [4.78, 5) is 6.94.